The van der Waals surface area contributed by atoms with Crippen LogP contribution in [-0.2, 0) is 6.54 Å². The van der Waals surface area contributed by atoms with E-state index in [1.54, 1.807) is 0 Å². The van der Waals surface area contributed by atoms with E-state index >= 15 is 0 Å². The van der Waals surface area contributed by atoms with Gasteiger partial charge in [-0.25, -0.2) is 0 Å². The zero-order valence-electron chi connectivity index (χ0n) is 13.9. The van der Waals surface area contributed by atoms with Crippen LogP contribution in [0.3, 0.4) is 0 Å². The van der Waals surface area contributed by atoms with Crippen LogP contribution in [-0.4, -0.2) is 11.1 Å². The summed E-state index contributed by atoms with van der Waals surface area (Å²) in [6, 6.07) is 2.61. The van der Waals surface area contributed by atoms with Crippen molar-refractivity contribution in [3.8, 4) is 0 Å². The number of hydrogen-bond acceptors (Lipinski definition) is 2. The van der Waals surface area contributed by atoms with Crippen molar-refractivity contribution in [2.45, 2.75) is 78.3 Å². The van der Waals surface area contributed by atoms with Gasteiger partial charge in [-0.15, -0.1) is 0 Å². The number of nitrogens with one attached hydrogen (secondary N) is 1. The summed E-state index contributed by atoms with van der Waals surface area (Å²) in [6.07, 6.45) is 8.51. The van der Waals surface area contributed by atoms with Crippen LogP contribution in [0, 0.1) is 13.8 Å². The predicted octanol–water partition coefficient (Wildman–Crippen LogP) is 3.86. The van der Waals surface area contributed by atoms with Crippen molar-refractivity contribution in [1.29, 1.82) is 0 Å². The molecule has 1 aliphatic rings. The Morgan fingerprint density at radius 1 is 1.24 bits per heavy atom. The molecule has 1 saturated carbocycles. The first-order chi connectivity index (χ1) is 10.1. The van der Waals surface area contributed by atoms with E-state index in [1.165, 1.54) is 32.1 Å². The highest BCUT2D eigenvalue weighted by molar-refractivity contribution is 5.26. The minimum absolute atomic E-state index is 0.239. The van der Waals surface area contributed by atoms with Crippen molar-refractivity contribution < 1.29 is 0 Å². The van der Waals surface area contributed by atoms with Crippen molar-refractivity contribution in [1.82, 2.24) is 9.88 Å². The van der Waals surface area contributed by atoms with Gasteiger partial charge in [0, 0.05) is 23.8 Å². The summed E-state index contributed by atoms with van der Waals surface area (Å²) in [4.78, 5) is 12.9. The summed E-state index contributed by atoms with van der Waals surface area (Å²) in [5.41, 5.74) is 3.46. The number of nitrogens with zero attached hydrogens (tertiary/aromatic N) is 1. The molecule has 21 heavy (non-hydrogen) atoms. The molecule has 3 heteroatoms. The highest BCUT2D eigenvalue weighted by Crippen LogP contribution is 2.28. The SMILES string of the molecule is CCCCNCc1c(C)cc(C)n(C2CCCCC2)c1=O. The molecule has 0 unspecified atom stereocenters. The zero-order chi connectivity index (χ0) is 15.2. The minimum Gasteiger partial charge on any atom is -0.312 e. The summed E-state index contributed by atoms with van der Waals surface area (Å²) in [5, 5.41) is 3.42. The van der Waals surface area contributed by atoms with E-state index in [9.17, 15) is 4.79 Å². The first-order valence-corrected chi connectivity index (χ1v) is 8.57. The van der Waals surface area contributed by atoms with Gasteiger partial charge in [-0.1, -0.05) is 32.6 Å². The van der Waals surface area contributed by atoms with Crippen molar-refractivity contribution in [3.05, 3.63) is 33.2 Å². The molecule has 2 rings (SSSR count). The smallest absolute Gasteiger partial charge is 0.255 e. The molecule has 1 fully saturated rings. The standard InChI is InChI=1S/C18H30N2O/c1-4-5-11-19-13-17-14(2)12-15(3)20(18(17)21)16-9-7-6-8-10-16/h12,16,19H,4-11,13H2,1-3H3. The van der Waals surface area contributed by atoms with Gasteiger partial charge in [0.2, 0.25) is 0 Å². The maximum absolute atomic E-state index is 12.9. The molecule has 0 radical (unpaired) electrons. The van der Waals surface area contributed by atoms with Gasteiger partial charge in [-0.2, -0.15) is 0 Å². The van der Waals surface area contributed by atoms with Gasteiger partial charge >= 0.3 is 0 Å². The second-order valence-corrected chi connectivity index (χ2v) is 6.44. The van der Waals surface area contributed by atoms with E-state index in [0.29, 0.717) is 12.6 Å². The summed E-state index contributed by atoms with van der Waals surface area (Å²) < 4.78 is 2.07. The Hall–Kier alpha value is -1.09. The zero-order valence-corrected chi connectivity index (χ0v) is 13.9. The molecule has 1 aliphatic carbocycles. The van der Waals surface area contributed by atoms with Crippen molar-refractivity contribution in [2.24, 2.45) is 0 Å². The van der Waals surface area contributed by atoms with E-state index in [1.807, 2.05) is 0 Å². The fraction of sp³-hybridized carbons (Fsp3) is 0.722. The Morgan fingerprint density at radius 3 is 2.62 bits per heavy atom. The van der Waals surface area contributed by atoms with Crippen LogP contribution in [0.1, 0.15) is 74.7 Å². The molecule has 0 bridgehead atoms. The highest BCUT2D eigenvalue weighted by Gasteiger charge is 2.20. The summed E-state index contributed by atoms with van der Waals surface area (Å²) in [7, 11) is 0. The Labute approximate surface area is 128 Å². The molecule has 0 amide bonds. The molecule has 3 nitrogen and oxygen atoms in total. The molecule has 0 aliphatic heterocycles. The number of rotatable bonds is 6. The number of aromatic nitrogens is 1. The predicted molar refractivity (Wildman–Crippen MR) is 88.9 cm³/mol. The second-order valence-electron chi connectivity index (χ2n) is 6.44. The van der Waals surface area contributed by atoms with E-state index in [-0.39, 0.29) is 5.56 Å². The summed E-state index contributed by atoms with van der Waals surface area (Å²) in [5.74, 6) is 0. The van der Waals surface area contributed by atoms with Crippen LogP contribution < -0.4 is 10.9 Å². The lowest BCUT2D eigenvalue weighted by Gasteiger charge is -2.27. The van der Waals surface area contributed by atoms with E-state index < -0.39 is 0 Å². The first kappa shape index (κ1) is 16.3. The normalized spacial score (nSPS) is 16.3. The largest absolute Gasteiger partial charge is 0.312 e. The van der Waals surface area contributed by atoms with Gasteiger partial charge in [-0.3, -0.25) is 4.79 Å². The Morgan fingerprint density at radius 2 is 1.95 bits per heavy atom. The highest BCUT2D eigenvalue weighted by atomic mass is 16.1. The van der Waals surface area contributed by atoms with Crippen LogP contribution in [0.25, 0.3) is 0 Å². The first-order valence-electron chi connectivity index (χ1n) is 8.57. The lowest BCUT2D eigenvalue weighted by atomic mass is 9.94. The average molecular weight is 290 g/mol. The minimum atomic E-state index is 0.239. The third-order valence-corrected chi connectivity index (χ3v) is 4.71. The van der Waals surface area contributed by atoms with Gasteiger partial charge in [0.05, 0.1) is 0 Å². The molecule has 1 aromatic heterocycles. The van der Waals surface area contributed by atoms with Crippen LogP contribution in [0.4, 0.5) is 0 Å². The van der Waals surface area contributed by atoms with Gasteiger partial charge in [0.1, 0.15) is 0 Å². The summed E-state index contributed by atoms with van der Waals surface area (Å²) >= 11 is 0. The van der Waals surface area contributed by atoms with Crippen LogP contribution >= 0.6 is 0 Å². The Kier molecular flexibility index (Phi) is 6.04. The lowest BCUT2D eigenvalue weighted by molar-refractivity contribution is 0.340. The number of pyridine rings is 1. The quantitative estimate of drug-likeness (QED) is 0.807. The van der Waals surface area contributed by atoms with Crippen LogP contribution in [0.2, 0.25) is 0 Å². The summed E-state index contributed by atoms with van der Waals surface area (Å²) in [6.45, 7) is 8.03. The molecule has 118 valence electrons. The Balaban J connectivity index is 2.22. The molecule has 0 atom stereocenters. The van der Waals surface area contributed by atoms with E-state index in [4.69, 9.17) is 0 Å². The third-order valence-electron chi connectivity index (χ3n) is 4.71. The maximum Gasteiger partial charge on any atom is 0.255 e. The molecule has 0 spiro atoms. The van der Waals surface area contributed by atoms with Gasteiger partial charge in [0.15, 0.2) is 0 Å². The monoisotopic (exact) mass is 290 g/mol. The molecule has 0 aromatic carbocycles. The fourth-order valence-electron chi connectivity index (χ4n) is 3.47. The molecule has 0 saturated heterocycles. The average Bonchev–Trinajstić information content (AvgIpc) is 2.47. The molecular weight excluding hydrogens is 260 g/mol. The van der Waals surface area contributed by atoms with Gasteiger partial charge < -0.3 is 9.88 Å². The number of aryl methyl sites for hydroxylation is 2. The van der Waals surface area contributed by atoms with E-state index in [0.717, 1.165) is 36.2 Å². The number of unbranched alkanes of at least 4 members (excludes halogenated alkanes) is 1. The van der Waals surface area contributed by atoms with E-state index in [2.05, 4.69) is 36.7 Å². The lowest BCUT2D eigenvalue weighted by Crippen LogP contribution is -2.33. The van der Waals surface area contributed by atoms with Gasteiger partial charge in [0.25, 0.3) is 5.56 Å². The van der Waals surface area contributed by atoms with Crippen molar-refractivity contribution in [2.75, 3.05) is 6.54 Å². The van der Waals surface area contributed by atoms with Crippen LogP contribution in [0.5, 0.6) is 0 Å². The third kappa shape index (κ3) is 3.97. The molecule has 1 heterocycles. The second kappa shape index (κ2) is 7.79. The van der Waals surface area contributed by atoms with Crippen LogP contribution in [0.15, 0.2) is 10.9 Å². The van der Waals surface area contributed by atoms with Gasteiger partial charge in [-0.05, 0) is 51.3 Å². The van der Waals surface area contributed by atoms with Crippen molar-refractivity contribution in [3.63, 3.8) is 0 Å². The molecular formula is C18H30N2O. The molecule has 1 N–H and O–H groups in total. The maximum atomic E-state index is 12.9. The molecule has 1 aromatic rings. The Bertz CT molecular complexity index is 513. The topological polar surface area (TPSA) is 34.0 Å². The number of hydrogen-bond donors (Lipinski definition) is 1. The van der Waals surface area contributed by atoms with Crippen molar-refractivity contribution >= 4 is 0 Å². The fourth-order valence-corrected chi connectivity index (χ4v) is 3.47.